The van der Waals surface area contributed by atoms with Crippen molar-refractivity contribution in [2.45, 2.75) is 46.1 Å². The second-order valence-electron chi connectivity index (χ2n) is 6.69. The number of carboxylic acids is 1. The molecule has 2 N–H and O–H groups in total. The molecule has 0 spiro atoms. The topological polar surface area (TPSA) is 66.4 Å². The minimum atomic E-state index is -1.09. The first-order chi connectivity index (χ1) is 9.80. The first kappa shape index (κ1) is 15.5. The summed E-state index contributed by atoms with van der Waals surface area (Å²) >= 11 is 0. The Kier molecular flexibility index (Phi) is 4.35. The van der Waals surface area contributed by atoms with Crippen LogP contribution in [0, 0.1) is 11.3 Å². The minimum Gasteiger partial charge on any atom is -0.481 e. The van der Waals surface area contributed by atoms with E-state index in [1.165, 1.54) is 12.5 Å². The number of rotatable bonds is 3. The fourth-order valence-electron chi connectivity index (χ4n) is 2.88. The number of aliphatic carboxylic acids is 1. The third kappa shape index (κ3) is 3.63. The van der Waals surface area contributed by atoms with Gasteiger partial charge in [0.2, 0.25) is 5.91 Å². The number of carbonyl (C=O) groups is 2. The average molecular weight is 289 g/mol. The van der Waals surface area contributed by atoms with Gasteiger partial charge in [-0.25, -0.2) is 0 Å². The summed E-state index contributed by atoms with van der Waals surface area (Å²) in [5, 5.41) is 11.9. The van der Waals surface area contributed by atoms with Crippen LogP contribution in [0.2, 0.25) is 0 Å². The zero-order valence-electron chi connectivity index (χ0n) is 12.8. The molecular weight excluding hydrogens is 266 g/mol. The van der Waals surface area contributed by atoms with Crippen molar-refractivity contribution < 1.29 is 14.7 Å². The highest BCUT2D eigenvalue weighted by Crippen LogP contribution is 2.39. The van der Waals surface area contributed by atoms with E-state index >= 15 is 0 Å². The number of carboxylic acid groups (broad SMARTS) is 1. The van der Waals surface area contributed by atoms with E-state index in [1.807, 2.05) is 18.2 Å². The van der Waals surface area contributed by atoms with Gasteiger partial charge in [0.05, 0.1) is 6.04 Å². The minimum absolute atomic E-state index is 0.115. The summed E-state index contributed by atoms with van der Waals surface area (Å²) in [6.07, 6.45) is 2.87. The van der Waals surface area contributed by atoms with Crippen molar-refractivity contribution >= 4 is 11.9 Å². The lowest BCUT2D eigenvalue weighted by Crippen LogP contribution is -2.37. The Morgan fingerprint density at radius 1 is 1.33 bits per heavy atom. The van der Waals surface area contributed by atoms with Gasteiger partial charge in [-0.3, -0.25) is 9.59 Å². The van der Waals surface area contributed by atoms with Crippen molar-refractivity contribution in [1.82, 2.24) is 5.32 Å². The second-order valence-corrected chi connectivity index (χ2v) is 6.69. The van der Waals surface area contributed by atoms with Gasteiger partial charge in [0.25, 0.3) is 0 Å². The Balaban J connectivity index is 2.27. The van der Waals surface area contributed by atoms with Crippen LogP contribution in [0.3, 0.4) is 0 Å². The van der Waals surface area contributed by atoms with Gasteiger partial charge in [-0.05, 0) is 42.7 Å². The van der Waals surface area contributed by atoms with E-state index in [2.05, 4.69) is 25.2 Å². The summed E-state index contributed by atoms with van der Waals surface area (Å²) in [5.74, 6) is -2.53. The second kappa shape index (κ2) is 5.88. The molecule has 1 aliphatic carbocycles. The highest BCUT2D eigenvalue weighted by atomic mass is 16.4. The predicted molar refractivity (Wildman–Crippen MR) is 80.8 cm³/mol. The highest BCUT2D eigenvalue weighted by Gasteiger charge is 2.32. The molecule has 0 saturated heterocycles. The van der Waals surface area contributed by atoms with Gasteiger partial charge in [-0.2, -0.15) is 0 Å². The van der Waals surface area contributed by atoms with Gasteiger partial charge in [0.15, 0.2) is 0 Å². The number of hydrogen-bond acceptors (Lipinski definition) is 2. The van der Waals surface area contributed by atoms with E-state index in [0.29, 0.717) is 0 Å². The van der Waals surface area contributed by atoms with Gasteiger partial charge < -0.3 is 10.4 Å². The summed E-state index contributed by atoms with van der Waals surface area (Å²) in [5.41, 5.74) is 2.48. The molecule has 4 nitrogen and oxygen atoms in total. The summed E-state index contributed by atoms with van der Waals surface area (Å²) in [4.78, 5) is 23.1. The van der Waals surface area contributed by atoms with Crippen LogP contribution in [-0.4, -0.2) is 17.0 Å². The molecule has 1 aromatic rings. The smallest absolute Gasteiger partial charge is 0.315 e. The molecule has 2 unspecified atom stereocenters. The Labute approximate surface area is 125 Å². The summed E-state index contributed by atoms with van der Waals surface area (Å²) in [7, 11) is 0. The summed E-state index contributed by atoms with van der Waals surface area (Å²) < 4.78 is 0. The predicted octanol–water partition coefficient (Wildman–Crippen LogP) is 2.93. The molecule has 0 bridgehead atoms. The molecule has 21 heavy (non-hydrogen) atoms. The quantitative estimate of drug-likeness (QED) is 0.664. The Hall–Kier alpha value is -1.84. The zero-order valence-corrected chi connectivity index (χ0v) is 12.8. The first-order valence-electron chi connectivity index (χ1n) is 7.41. The fourth-order valence-corrected chi connectivity index (χ4v) is 2.88. The molecule has 4 heteroatoms. The van der Waals surface area contributed by atoms with Gasteiger partial charge in [-0.1, -0.05) is 38.1 Å². The fraction of sp³-hybridized carbons (Fsp3) is 0.529. The lowest BCUT2D eigenvalue weighted by molar-refractivity contribution is -0.146. The van der Waals surface area contributed by atoms with Crippen LogP contribution in [0.4, 0.5) is 0 Å². The van der Waals surface area contributed by atoms with Crippen LogP contribution in [-0.2, 0) is 16.0 Å². The lowest BCUT2D eigenvalue weighted by Gasteiger charge is -2.28. The molecule has 0 aliphatic heterocycles. The number of amides is 1. The molecule has 0 aromatic heterocycles. The van der Waals surface area contributed by atoms with Crippen LogP contribution in [0.15, 0.2) is 24.3 Å². The van der Waals surface area contributed by atoms with Crippen molar-refractivity contribution in [3.05, 3.63) is 35.4 Å². The SMILES string of the molecule is CC(C(=O)O)C(=O)NC1CC(C)(C)CCc2ccccc21. The van der Waals surface area contributed by atoms with E-state index in [1.54, 1.807) is 0 Å². The molecule has 0 radical (unpaired) electrons. The number of fused-ring (bicyclic) bond motifs is 1. The molecule has 0 heterocycles. The monoisotopic (exact) mass is 289 g/mol. The van der Waals surface area contributed by atoms with Crippen LogP contribution in [0.25, 0.3) is 0 Å². The number of carbonyl (C=O) groups excluding carboxylic acids is 1. The van der Waals surface area contributed by atoms with Crippen LogP contribution < -0.4 is 5.32 Å². The van der Waals surface area contributed by atoms with Crippen molar-refractivity contribution in [2.24, 2.45) is 11.3 Å². The van der Waals surface area contributed by atoms with Crippen molar-refractivity contribution in [3.63, 3.8) is 0 Å². The summed E-state index contributed by atoms with van der Waals surface area (Å²) in [6, 6.07) is 7.99. The Morgan fingerprint density at radius 2 is 2.00 bits per heavy atom. The van der Waals surface area contributed by atoms with E-state index < -0.39 is 17.8 Å². The van der Waals surface area contributed by atoms with Crippen molar-refractivity contribution in [1.29, 1.82) is 0 Å². The van der Waals surface area contributed by atoms with Crippen molar-refractivity contribution in [2.75, 3.05) is 0 Å². The molecule has 0 saturated carbocycles. The number of benzene rings is 1. The van der Waals surface area contributed by atoms with E-state index in [-0.39, 0.29) is 11.5 Å². The Bertz CT molecular complexity index is 551. The maximum absolute atomic E-state index is 12.1. The zero-order chi connectivity index (χ0) is 15.6. The third-order valence-corrected chi connectivity index (χ3v) is 4.34. The molecule has 114 valence electrons. The average Bonchev–Trinajstić information content (AvgIpc) is 2.55. The van der Waals surface area contributed by atoms with Gasteiger partial charge in [-0.15, -0.1) is 0 Å². The van der Waals surface area contributed by atoms with Crippen LogP contribution in [0.5, 0.6) is 0 Å². The van der Waals surface area contributed by atoms with Gasteiger partial charge >= 0.3 is 5.97 Å². The normalized spacial score (nSPS) is 21.8. The largest absolute Gasteiger partial charge is 0.481 e. The number of aryl methyl sites for hydroxylation is 1. The summed E-state index contributed by atoms with van der Waals surface area (Å²) in [6.45, 7) is 5.81. The molecular formula is C17H23NO3. The molecule has 2 rings (SSSR count). The number of hydrogen-bond donors (Lipinski definition) is 2. The van der Waals surface area contributed by atoms with Crippen LogP contribution >= 0.6 is 0 Å². The molecule has 1 amide bonds. The Morgan fingerprint density at radius 3 is 2.67 bits per heavy atom. The standard InChI is InChI=1S/C17H23NO3/c1-11(16(20)21)15(19)18-14-10-17(2,3)9-8-12-6-4-5-7-13(12)14/h4-7,11,14H,8-10H2,1-3H3,(H,18,19)(H,20,21). The molecule has 0 fully saturated rings. The maximum atomic E-state index is 12.1. The molecule has 1 aliphatic rings. The van der Waals surface area contributed by atoms with Gasteiger partial charge in [0.1, 0.15) is 5.92 Å². The van der Waals surface area contributed by atoms with E-state index in [4.69, 9.17) is 5.11 Å². The van der Waals surface area contributed by atoms with Crippen LogP contribution in [0.1, 0.15) is 50.8 Å². The molecule has 1 aromatic carbocycles. The van der Waals surface area contributed by atoms with E-state index in [9.17, 15) is 9.59 Å². The third-order valence-electron chi connectivity index (χ3n) is 4.34. The van der Waals surface area contributed by atoms with Crippen molar-refractivity contribution in [3.8, 4) is 0 Å². The van der Waals surface area contributed by atoms with E-state index in [0.717, 1.165) is 24.8 Å². The highest BCUT2D eigenvalue weighted by molar-refractivity contribution is 5.96. The maximum Gasteiger partial charge on any atom is 0.315 e. The lowest BCUT2D eigenvalue weighted by atomic mass is 9.83. The number of nitrogens with one attached hydrogen (secondary N) is 1. The first-order valence-corrected chi connectivity index (χ1v) is 7.41. The van der Waals surface area contributed by atoms with Gasteiger partial charge in [0, 0.05) is 0 Å². The molecule has 2 atom stereocenters.